The van der Waals surface area contributed by atoms with Crippen LogP contribution in [0, 0.1) is 0 Å². The zero-order valence-corrected chi connectivity index (χ0v) is 11.0. The highest BCUT2D eigenvalue weighted by atomic mass is 16.5. The van der Waals surface area contributed by atoms with Gasteiger partial charge in [0.25, 0.3) is 0 Å². The number of benzene rings is 2. The van der Waals surface area contributed by atoms with Gasteiger partial charge in [-0.1, -0.05) is 18.2 Å². The highest BCUT2D eigenvalue weighted by Crippen LogP contribution is 2.40. The molecule has 0 bridgehead atoms. The summed E-state index contributed by atoms with van der Waals surface area (Å²) < 4.78 is 10.4. The minimum atomic E-state index is -0.279. The van der Waals surface area contributed by atoms with E-state index in [1.54, 1.807) is 31.4 Å². The molecule has 102 valence electrons. The van der Waals surface area contributed by atoms with Crippen LogP contribution in [-0.4, -0.2) is 18.2 Å². The molecular weight excluding hydrogens is 256 g/mol. The summed E-state index contributed by atoms with van der Waals surface area (Å²) >= 11 is 0. The Labute approximate surface area is 116 Å². The molecule has 1 atom stereocenters. The summed E-state index contributed by atoms with van der Waals surface area (Å²) in [6.45, 7) is 0. The van der Waals surface area contributed by atoms with Crippen molar-refractivity contribution in [3.05, 3.63) is 53.6 Å². The van der Waals surface area contributed by atoms with Crippen molar-refractivity contribution in [1.29, 1.82) is 0 Å². The molecule has 0 fully saturated rings. The molecule has 1 unspecified atom stereocenters. The van der Waals surface area contributed by atoms with Crippen LogP contribution in [-0.2, 0) is 4.79 Å². The number of phenolic OH excluding ortho intramolecular Hbond substituents is 1. The van der Waals surface area contributed by atoms with Gasteiger partial charge in [-0.2, -0.15) is 0 Å². The van der Waals surface area contributed by atoms with Gasteiger partial charge in [-0.25, -0.2) is 0 Å². The number of ether oxygens (including phenoxy) is 2. The van der Waals surface area contributed by atoms with Gasteiger partial charge in [0.1, 0.15) is 17.2 Å². The van der Waals surface area contributed by atoms with Crippen LogP contribution in [0.2, 0.25) is 0 Å². The molecule has 0 radical (unpaired) electrons. The fourth-order valence-electron chi connectivity index (χ4n) is 2.50. The highest BCUT2D eigenvalue weighted by Gasteiger charge is 2.28. The Morgan fingerprint density at radius 2 is 2.10 bits per heavy atom. The molecule has 0 saturated carbocycles. The zero-order chi connectivity index (χ0) is 14.1. The molecular formula is C16H14O4. The first kappa shape index (κ1) is 12.5. The van der Waals surface area contributed by atoms with Gasteiger partial charge in [0.05, 0.1) is 13.5 Å². The molecule has 20 heavy (non-hydrogen) atoms. The maximum Gasteiger partial charge on any atom is 0.312 e. The predicted molar refractivity (Wildman–Crippen MR) is 73.2 cm³/mol. The van der Waals surface area contributed by atoms with Crippen LogP contribution in [0.4, 0.5) is 0 Å². The van der Waals surface area contributed by atoms with Crippen LogP contribution in [0.25, 0.3) is 0 Å². The molecule has 1 aliphatic rings. The number of aromatic hydroxyl groups is 1. The number of hydrogen-bond donors (Lipinski definition) is 1. The van der Waals surface area contributed by atoms with E-state index in [4.69, 9.17) is 9.47 Å². The Morgan fingerprint density at radius 3 is 2.85 bits per heavy atom. The number of fused-ring (bicyclic) bond motifs is 1. The average molecular weight is 270 g/mol. The van der Waals surface area contributed by atoms with E-state index < -0.39 is 0 Å². The van der Waals surface area contributed by atoms with E-state index in [1.165, 1.54) is 0 Å². The largest absolute Gasteiger partial charge is 0.508 e. The van der Waals surface area contributed by atoms with Crippen molar-refractivity contribution in [2.75, 3.05) is 7.11 Å². The van der Waals surface area contributed by atoms with Crippen molar-refractivity contribution in [2.24, 2.45) is 0 Å². The maximum atomic E-state index is 11.8. The third-order valence-corrected chi connectivity index (χ3v) is 3.46. The average Bonchev–Trinajstić information content (AvgIpc) is 2.45. The second kappa shape index (κ2) is 4.89. The smallest absolute Gasteiger partial charge is 0.312 e. The highest BCUT2D eigenvalue weighted by molar-refractivity contribution is 5.78. The summed E-state index contributed by atoms with van der Waals surface area (Å²) in [4.78, 5) is 11.8. The minimum absolute atomic E-state index is 0.107. The number of hydrogen-bond acceptors (Lipinski definition) is 4. The van der Waals surface area contributed by atoms with Gasteiger partial charge in [0, 0.05) is 17.5 Å². The molecule has 2 aromatic rings. The Hall–Kier alpha value is -2.49. The third kappa shape index (κ3) is 2.20. The van der Waals surface area contributed by atoms with E-state index in [2.05, 4.69) is 0 Å². The van der Waals surface area contributed by atoms with Crippen molar-refractivity contribution in [3.63, 3.8) is 0 Å². The van der Waals surface area contributed by atoms with E-state index in [-0.39, 0.29) is 24.1 Å². The lowest BCUT2D eigenvalue weighted by molar-refractivity contribution is -0.135. The van der Waals surface area contributed by atoms with Crippen LogP contribution >= 0.6 is 0 Å². The number of esters is 1. The van der Waals surface area contributed by atoms with Gasteiger partial charge >= 0.3 is 5.97 Å². The van der Waals surface area contributed by atoms with Crippen LogP contribution in [0.15, 0.2) is 42.5 Å². The van der Waals surface area contributed by atoms with Crippen molar-refractivity contribution < 1.29 is 19.4 Å². The molecule has 2 aromatic carbocycles. The molecule has 4 nitrogen and oxygen atoms in total. The molecule has 1 heterocycles. The van der Waals surface area contributed by atoms with E-state index in [1.807, 2.05) is 18.2 Å². The fourth-order valence-corrected chi connectivity index (χ4v) is 2.50. The molecule has 0 aromatic heterocycles. The van der Waals surface area contributed by atoms with E-state index in [9.17, 15) is 9.90 Å². The lowest BCUT2D eigenvalue weighted by atomic mass is 9.86. The summed E-state index contributed by atoms with van der Waals surface area (Å²) in [6.07, 6.45) is 0.267. The summed E-state index contributed by atoms with van der Waals surface area (Å²) in [7, 11) is 1.57. The van der Waals surface area contributed by atoms with E-state index in [0.29, 0.717) is 11.5 Å². The van der Waals surface area contributed by atoms with Crippen LogP contribution in [0.3, 0.4) is 0 Å². The first-order valence-corrected chi connectivity index (χ1v) is 6.35. The SMILES string of the molecule is COc1ccc2c(c1)OC(=O)CC2c1cccc(O)c1. The van der Waals surface area contributed by atoms with Crippen LogP contribution in [0.5, 0.6) is 17.2 Å². The number of rotatable bonds is 2. The van der Waals surface area contributed by atoms with Crippen molar-refractivity contribution >= 4 is 5.97 Å². The molecule has 0 aliphatic carbocycles. The van der Waals surface area contributed by atoms with Gasteiger partial charge in [-0.3, -0.25) is 4.79 Å². The van der Waals surface area contributed by atoms with E-state index >= 15 is 0 Å². The Morgan fingerprint density at radius 1 is 1.25 bits per heavy atom. The lowest BCUT2D eigenvalue weighted by Gasteiger charge is -2.25. The molecule has 0 saturated heterocycles. The maximum absolute atomic E-state index is 11.8. The number of phenols is 1. The number of carbonyl (C=O) groups excluding carboxylic acids is 1. The Balaban J connectivity index is 2.08. The summed E-state index contributed by atoms with van der Waals surface area (Å²) in [5.74, 6) is 0.974. The van der Waals surface area contributed by atoms with Crippen molar-refractivity contribution in [1.82, 2.24) is 0 Å². The topological polar surface area (TPSA) is 55.8 Å². The predicted octanol–water partition coefficient (Wildman–Crippen LogP) is 2.84. The second-order valence-electron chi connectivity index (χ2n) is 4.73. The van der Waals surface area contributed by atoms with Gasteiger partial charge in [-0.15, -0.1) is 0 Å². The Bertz CT molecular complexity index is 663. The molecule has 1 aliphatic heterocycles. The van der Waals surface area contributed by atoms with Crippen molar-refractivity contribution in [3.8, 4) is 17.2 Å². The molecule has 3 rings (SSSR count). The summed E-state index contributed by atoms with van der Waals surface area (Å²) in [5, 5.41) is 9.60. The quantitative estimate of drug-likeness (QED) is 0.673. The lowest BCUT2D eigenvalue weighted by Crippen LogP contribution is -2.20. The minimum Gasteiger partial charge on any atom is -0.508 e. The summed E-state index contributed by atoms with van der Waals surface area (Å²) in [6, 6.07) is 12.4. The first-order valence-electron chi connectivity index (χ1n) is 6.35. The van der Waals surface area contributed by atoms with Gasteiger partial charge in [-0.05, 0) is 23.8 Å². The molecule has 0 spiro atoms. The van der Waals surface area contributed by atoms with Crippen LogP contribution in [0.1, 0.15) is 23.5 Å². The molecule has 1 N–H and O–H groups in total. The fraction of sp³-hybridized carbons (Fsp3) is 0.188. The second-order valence-corrected chi connectivity index (χ2v) is 4.73. The molecule has 0 amide bonds. The van der Waals surface area contributed by atoms with Gasteiger partial charge < -0.3 is 14.6 Å². The van der Waals surface area contributed by atoms with Gasteiger partial charge in [0.15, 0.2) is 0 Å². The zero-order valence-electron chi connectivity index (χ0n) is 11.0. The monoisotopic (exact) mass is 270 g/mol. The Kier molecular flexibility index (Phi) is 3.06. The summed E-state index contributed by atoms with van der Waals surface area (Å²) in [5.41, 5.74) is 1.82. The van der Waals surface area contributed by atoms with Gasteiger partial charge in [0.2, 0.25) is 0 Å². The van der Waals surface area contributed by atoms with Crippen LogP contribution < -0.4 is 9.47 Å². The number of methoxy groups -OCH3 is 1. The first-order chi connectivity index (χ1) is 9.67. The molecule has 4 heteroatoms. The third-order valence-electron chi connectivity index (χ3n) is 3.46. The van der Waals surface area contributed by atoms with E-state index in [0.717, 1.165) is 11.1 Å². The standard InChI is InChI=1S/C16H14O4/c1-19-12-5-6-13-14(9-16(18)20-15(13)8-12)10-3-2-4-11(17)7-10/h2-8,14,17H,9H2,1H3. The van der Waals surface area contributed by atoms with Crippen molar-refractivity contribution in [2.45, 2.75) is 12.3 Å². The number of carbonyl (C=O) groups is 1. The normalized spacial score (nSPS) is 17.2.